The maximum absolute atomic E-state index is 11.9. The maximum atomic E-state index is 11.9. The second-order valence-corrected chi connectivity index (χ2v) is 6.91. The summed E-state index contributed by atoms with van der Waals surface area (Å²) in [5.74, 6) is 0.728. The lowest BCUT2D eigenvalue weighted by molar-refractivity contribution is 0.309. The van der Waals surface area contributed by atoms with Crippen LogP contribution in [0.15, 0.2) is 59.4 Å². The first-order valence-electron chi connectivity index (χ1n) is 9.33. The van der Waals surface area contributed by atoms with Crippen molar-refractivity contribution in [2.75, 3.05) is 19.6 Å². The average molecular weight is 348 g/mol. The van der Waals surface area contributed by atoms with Crippen molar-refractivity contribution < 1.29 is 4.74 Å². The van der Waals surface area contributed by atoms with Gasteiger partial charge in [0, 0.05) is 18.0 Å². The van der Waals surface area contributed by atoms with E-state index in [0.29, 0.717) is 6.61 Å². The number of benzene rings is 2. The van der Waals surface area contributed by atoms with Crippen LogP contribution < -0.4 is 10.3 Å². The number of likely N-dealkylation sites (tertiary alicyclic amines) is 1. The lowest BCUT2D eigenvalue weighted by Gasteiger charge is -2.16. The number of aromatic nitrogens is 1. The molecule has 1 aliphatic heterocycles. The molecule has 0 amide bonds. The topological polar surface area (TPSA) is 45.3 Å². The van der Waals surface area contributed by atoms with Crippen molar-refractivity contribution in [2.24, 2.45) is 0 Å². The van der Waals surface area contributed by atoms with E-state index in [2.05, 4.69) is 16.0 Å². The molecule has 1 N–H and O–H groups in total. The van der Waals surface area contributed by atoms with Gasteiger partial charge in [-0.3, -0.25) is 4.79 Å². The third-order valence-corrected chi connectivity index (χ3v) is 5.08. The van der Waals surface area contributed by atoms with E-state index in [4.69, 9.17) is 4.74 Å². The minimum absolute atomic E-state index is 0.0984. The third kappa shape index (κ3) is 3.81. The van der Waals surface area contributed by atoms with Crippen LogP contribution in [0.1, 0.15) is 24.0 Å². The Morgan fingerprint density at radius 1 is 0.962 bits per heavy atom. The van der Waals surface area contributed by atoms with Crippen molar-refractivity contribution >= 4 is 10.9 Å². The minimum Gasteiger partial charge on any atom is -0.487 e. The molecule has 4 nitrogen and oxygen atoms in total. The highest BCUT2D eigenvalue weighted by molar-refractivity contribution is 5.87. The molecule has 0 radical (unpaired) electrons. The first kappa shape index (κ1) is 16.9. The summed E-state index contributed by atoms with van der Waals surface area (Å²) in [7, 11) is 0. The van der Waals surface area contributed by atoms with Gasteiger partial charge in [0.1, 0.15) is 12.4 Å². The molecule has 0 unspecified atom stereocenters. The fourth-order valence-corrected chi connectivity index (χ4v) is 3.64. The van der Waals surface area contributed by atoms with Crippen LogP contribution in [0.4, 0.5) is 0 Å². The summed E-state index contributed by atoms with van der Waals surface area (Å²) >= 11 is 0. The third-order valence-electron chi connectivity index (χ3n) is 5.08. The molecule has 0 aliphatic carbocycles. The lowest BCUT2D eigenvalue weighted by Crippen LogP contribution is -2.22. The summed E-state index contributed by atoms with van der Waals surface area (Å²) in [6, 6.07) is 17.7. The fraction of sp³-hybridized carbons (Fsp3) is 0.318. The van der Waals surface area contributed by atoms with E-state index in [9.17, 15) is 4.79 Å². The van der Waals surface area contributed by atoms with Gasteiger partial charge in [0.15, 0.2) is 0 Å². The number of aromatic amines is 1. The highest BCUT2D eigenvalue weighted by atomic mass is 16.5. The maximum Gasteiger partial charge on any atom is 0.248 e. The molecule has 0 bridgehead atoms. The highest BCUT2D eigenvalue weighted by Gasteiger charge is 2.13. The fourth-order valence-electron chi connectivity index (χ4n) is 3.64. The second kappa shape index (κ2) is 7.75. The molecule has 2 heterocycles. The number of H-pyrrole nitrogens is 1. The molecule has 134 valence electrons. The van der Waals surface area contributed by atoms with Crippen LogP contribution in [0.25, 0.3) is 10.9 Å². The van der Waals surface area contributed by atoms with Crippen LogP contribution >= 0.6 is 0 Å². The van der Waals surface area contributed by atoms with Crippen molar-refractivity contribution in [1.82, 2.24) is 9.88 Å². The minimum atomic E-state index is -0.0984. The van der Waals surface area contributed by atoms with Crippen LogP contribution in [-0.4, -0.2) is 29.5 Å². The van der Waals surface area contributed by atoms with Gasteiger partial charge >= 0.3 is 0 Å². The van der Waals surface area contributed by atoms with Crippen molar-refractivity contribution in [1.29, 1.82) is 0 Å². The molecular weight excluding hydrogens is 324 g/mol. The van der Waals surface area contributed by atoms with E-state index in [1.54, 1.807) is 6.07 Å². The summed E-state index contributed by atoms with van der Waals surface area (Å²) in [5, 5.41) is 1.08. The summed E-state index contributed by atoms with van der Waals surface area (Å²) in [5.41, 5.74) is 3.07. The Labute approximate surface area is 153 Å². The average Bonchev–Trinajstić information content (AvgIpc) is 3.19. The van der Waals surface area contributed by atoms with Gasteiger partial charge in [0.05, 0.1) is 5.52 Å². The van der Waals surface area contributed by atoms with E-state index < -0.39 is 0 Å². The molecule has 1 fully saturated rings. The van der Waals surface area contributed by atoms with Gasteiger partial charge in [0.2, 0.25) is 5.56 Å². The standard InChI is InChI=1S/C22H24N2O2/c25-21-11-9-19-18(12-15-24-13-4-5-14-24)8-10-20(22(19)23-21)26-16-17-6-2-1-3-7-17/h1-3,6-11H,4-5,12-16H2,(H,23,25). The molecule has 1 aromatic heterocycles. The first-order valence-corrected chi connectivity index (χ1v) is 9.33. The summed E-state index contributed by atoms with van der Waals surface area (Å²) in [6.07, 6.45) is 3.60. The summed E-state index contributed by atoms with van der Waals surface area (Å²) < 4.78 is 6.01. The number of fused-ring (bicyclic) bond motifs is 1. The molecule has 1 aliphatic rings. The summed E-state index contributed by atoms with van der Waals surface area (Å²) in [6.45, 7) is 3.96. The largest absolute Gasteiger partial charge is 0.487 e. The van der Waals surface area contributed by atoms with E-state index in [1.807, 2.05) is 42.5 Å². The number of hydrogen-bond donors (Lipinski definition) is 1. The zero-order chi connectivity index (χ0) is 17.8. The molecule has 4 rings (SSSR count). The normalized spacial score (nSPS) is 14.8. The van der Waals surface area contributed by atoms with Gasteiger partial charge in [-0.1, -0.05) is 36.4 Å². The molecule has 0 saturated carbocycles. The molecule has 2 aromatic carbocycles. The number of pyridine rings is 1. The van der Waals surface area contributed by atoms with Crippen molar-refractivity contribution in [3.05, 3.63) is 76.1 Å². The Hall–Kier alpha value is -2.59. The number of nitrogens with one attached hydrogen (secondary N) is 1. The number of hydrogen-bond acceptors (Lipinski definition) is 3. The van der Waals surface area contributed by atoms with Crippen molar-refractivity contribution in [3.8, 4) is 5.75 Å². The van der Waals surface area contributed by atoms with Gasteiger partial charge in [-0.05, 0) is 55.6 Å². The monoisotopic (exact) mass is 348 g/mol. The van der Waals surface area contributed by atoms with E-state index >= 15 is 0 Å². The van der Waals surface area contributed by atoms with Crippen molar-refractivity contribution in [3.63, 3.8) is 0 Å². The molecule has 1 saturated heterocycles. The Morgan fingerprint density at radius 2 is 1.77 bits per heavy atom. The molecule has 0 atom stereocenters. The van der Waals surface area contributed by atoms with Gasteiger partial charge in [-0.2, -0.15) is 0 Å². The Balaban J connectivity index is 1.58. The number of ether oxygens (including phenoxy) is 1. The first-order chi connectivity index (χ1) is 12.8. The van der Waals surface area contributed by atoms with Crippen LogP contribution in [0, 0.1) is 0 Å². The molecule has 26 heavy (non-hydrogen) atoms. The quantitative estimate of drug-likeness (QED) is 0.738. The highest BCUT2D eigenvalue weighted by Crippen LogP contribution is 2.27. The zero-order valence-electron chi connectivity index (χ0n) is 14.9. The Morgan fingerprint density at radius 3 is 2.58 bits per heavy atom. The molecular formula is C22H24N2O2. The van der Waals surface area contributed by atoms with Crippen molar-refractivity contribution in [2.45, 2.75) is 25.9 Å². The second-order valence-electron chi connectivity index (χ2n) is 6.91. The van der Waals surface area contributed by atoms with Gasteiger partial charge in [0.25, 0.3) is 0 Å². The van der Waals surface area contributed by atoms with Crippen LogP contribution in [0.5, 0.6) is 5.75 Å². The zero-order valence-corrected chi connectivity index (χ0v) is 14.9. The number of rotatable bonds is 6. The predicted molar refractivity (Wildman–Crippen MR) is 105 cm³/mol. The number of nitrogens with zero attached hydrogens (tertiary/aromatic N) is 1. The Bertz CT molecular complexity index is 928. The summed E-state index contributed by atoms with van der Waals surface area (Å²) in [4.78, 5) is 17.3. The molecule has 3 aromatic rings. The lowest BCUT2D eigenvalue weighted by atomic mass is 10.0. The van der Waals surface area contributed by atoms with Gasteiger partial charge in [-0.15, -0.1) is 0 Å². The van der Waals surface area contributed by atoms with E-state index in [-0.39, 0.29) is 5.56 Å². The van der Waals surface area contributed by atoms with Crippen LogP contribution in [0.3, 0.4) is 0 Å². The van der Waals surface area contributed by atoms with E-state index in [1.165, 1.54) is 31.5 Å². The van der Waals surface area contributed by atoms with Gasteiger partial charge < -0.3 is 14.6 Å². The van der Waals surface area contributed by atoms with Crippen LogP contribution in [-0.2, 0) is 13.0 Å². The molecule has 0 spiro atoms. The van der Waals surface area contributed by atoms with E-state index in [0.717, 1.165) is 35.2 Å². The molecule has 4 heteroatoms. The smallest absolute Gasteiger partial charge is 0.248 e. The SMILES string of the molecule is O=c1ccc2c(CCN3CCCC3)ccc(OCc3ccccc3)c2[nH]1. The Kier molecular flexibility index (Phi) is 5.02. The predicted octanol–water partition coefficient (Wildman–Crippen LogP) is 3.75. The van der Waals surface area contributed by atoms with Gasteiger partial charge in [-0.25, -0.2) is 0 Å². The van der Waals surface area contributed by atoms with Crippen LogP contribution in [0.2, 0.25) is 0 Å².